The SMILES string of the molecule is Cc1cc2ccc1s2. The van der Waals surface area contributed by atoms with Crippen LogP contribution in [0.5, 0.6) is 0 Å². The van der Waals surface area contributed by atoms with Gasteiger partial charge in [-0.2, -0.15) is 0 Å². The summed E-state index contributed by atoms with van der Waals surface area (Å²) in [4.78, 5) is 0. The van der Waals surface area contributed by atoms with E-state index in [-0.39, 0.29) is 0 Å². The van der Waals surface area contributed by atoms with Crippen LogP contribution < -0.4 is 0 Å². The molecule has 40 valence electrons. The summed E-state index contributed by atoms with van der Waals surface area (Å²) in [5.41, 5.74) is 1.42. The first-order valence-electron chi connectivity index (χ1n) is 2.65. The van der Waals surface area contributed by atoms with E-state index in [1.165, 1.54) is 15.0 Å². The van der Waals surface area contributed by atoms with Crippen LogP contribution in [0.4, 0.5) is 0 Å². The number of rotatable bonds is 0. The Kier molecular flexibility index (Phi) is 0.667. The van der Waals surface area contributed by atoms with Gasteiger partial charge in [-0.25, -0.2) is 0 Å². The zero-order valence-electron chi connectivity index (χ0n) is 4.64. The summed E-state index contributed by atoms with van der Waals surface area (Å²) < 4.78 is 2.83. The Hall–Kier alpha value is -0.560. The molecule has 0 atom stereocenters. The van der Waals surface area contributed by atoms with Crippen molar-refractivity contribution < 1.29 is 0 Å². The molecule has 0 aliphatic rings. The molecular weight excluding hydrogens is 116 g/mol. The summed E-state index contributed by atoms with van der Waals surface area (Å²) >= 11 is 1.87. The lowest BCUT2D eigenvalue weighted by molar-refractivity contribution is 1.59. The lowest BCUT2D eigenvalue weighted by Gasteiger charge is -1.79. The molecule has 8 heavy (non-hydrogen) atoms. The lowest BCUT2D eigenvalue weighted by Crippen LogP contribution is -1.59. The van der Waals surface area contributed by atoms with Gasteiger partial charge in [0, 0.05) is 9.40 Å². The van der Waals surface area contributed by atoms with Crippen molar-refractivity contribution >= 4 is 20.7 Å². The van der Waals surface area contributed by atoms with Crippen LogP contribution in [0.3, 0.4) is 0 Å². The topological polar surface area (TPSA) is 0 Å². The predicted molar refractivity (Wildman–Crippen MR) is 37.7 cm³/mol. The molecule has 0 N–H and O–H groups in total. The molecule has 0 nitrogen and oxygen atoms in total. The summed E-state index contributed by atoms with van der Waals surface area (Å²) in [7, 11) is 0. The smallest absolute Gasteiger partial charge is 0.0306 e. The van der Waals surface area contributed by atoms with Gasteiger partial charge in [-0.1, -0.05) is 0 Å². The van der Waals surface area contributed by atoms with E-state index >= 15 is 0 Å². The van der Waals surface area contributed by atoms with Crippen molar-refractivity contribution in [3.05, 3.63) is 23.8 Å². The Labute approximate surface area is 52.1 Å². The normalized spacial score (nSPS) is 11.1. The van der Waals surface area contributed by atoms with Gasteiger partial charge in [0.1, 0.15) is 0 Å². The minimum atomic E-state index is 1.40. The summed E-state index contributed by atoms with van der Waals surface area (Å²) in [6.07, 6.45) is 0. The van der Waals surface area contributed by atoms with E-state index in [2.05, 4.69) is 25.1 Å². The van der Waals surface area contributed by atoms with Crippen molar-refractivity contribution in [1.29, 1.82) is 0 Å². The van der Waals surface area contributed by atoms with Gasteiger partial charge in [0.15, 0.2) is 0 Å². The molecule has 2 bridgehead atoms. The van der Waals surface area contributed by atoms with Crippen LogP contribution >= 0.6 is 11.3 Å². The average molecular weight is 122 g/mol. The highest BCUT2D eigenvalue weighted by molar-refractivity contribution is 7.24. The van der Waals surface area contributed by atoms with Gasteiger partial charge in [0.2, 0.25) is 0 Å². The third-order valence-electron chi connectivity index (χ3n) is 1.37. The molecule has 1 heteroatoms. The molecule has 0 unspecified atom stereocenters. The van der Waals surface area contributed by atoms with Crippen LogP contribution in [0.15, 0.2) is 18.2 Å². The van der Waals surface area contributed by atoms with Crippen molar-refractivity contribution in [1.82, 2.24) is 0 Å². The number of benzene rings is 1. The summed E-state index contributed by atoms with van der Waals surface area (Å²) in [6.45, 7) is 2.15. The van der Waals surface area contributed by atoms with Crippen molar-refractivity contribution in [2.24, 2.45) is 0 Å². The first-order valence-corrected chi connectivity index (χ1v) is 3.46. The number of hydrogen-bond acceptors (Lipinski definition) is 1. The quantitative estimate of drug-likeness (QED) is 0.504. The van der Waals surface area contributed by atoms with Crippen LogP contribution in [-0.2, 0) is 0 Å². The maximum absolute atomic E-state index is 2.22. The van der Waals surface area contributed by atoms with Gasteiger partial charge in [-0.15, -0.1) is 11.3 Å². The molecule has 0 aliphatic carbocycles. The Morgan fingerprint density at radius 2 is 2.25 bits per heavy atom. The van der Waals surface area contributed by atoms with Crippen molar-refractivity contribution in [2.45, 2.75) is 6.92 Å². The first kappa shape index (κ1) is 4.33. The Morgan fingerprint density at radius 1 is 1.38 bits per heavy atom. The van der Waals surface area contributed by atoms with E-state index in [9.17, 15) is 0 Å². The minimum Gasteiger partial charge on any atom is -0.136 e. The third kappa shape index (κ3) is 0.397. The van der Waals surface area contributed by atoms with Crippen molar-refractivity contribution in [3.8, 4) is 0 Å². The Morgan fingerprint density at radius 3 is 2.50 bits per heavy atom. The van der Waals surface area contributed by atoms with Crippen LogP contribution in [0.2, 0.25) is 0 Å². The van der Waals surface area contributed by atoms with E-state index < -0.39 is 0 Å². The van der Waals surface area contributed by atoms with Crippen LogP contribution in [0.1, 0.15) is 5.56 Å². The summed E-state index contributed by atoms with van der Waals surface area (Å²) in [6, 6.07) is 6.56. The van der Waals surface area contributed by atoms with Crippen molar-refractivity contribution in [2.75, 3.05) is 0 Å². The van der Waals surface area contributed by atoms with E-state index in [0.717, 1.165) is 0 Å². The Balaban J connectivity index is 3.02. The monoisotopic (exact) mass is 122 g/mol. The molecule has 0 aromatic carbocycles. The highest BCUT2D eigenvalue weighted by Gasteiger charge is 1.97. The third-order valence-corrected chi connectivity index (χ3v) is 2.54. The maximum Gasteiger partial charge on any atom is 0.0306 e. The first-order chi connectivity index (χ1) is 3.86. The summed E-state index contributed by atoms with van der Waals surface area (Å²) in [5, 5.41) is 0. The summed E-state index contributed by atoms with van der Waals surface area (Å²) in [5.74, 6) is 0. The van der Waals surface area contributed by atoms with E-state index in [0.29, 0.717) is 0 Å². The van der Waals surface area contributed by atoms with Crippen molar-refractivity contribution in [3.63, 3.8) is 0 Å². The van der Waals surface area contributed by atoms with Crippen LogP contribution in [0, 0.1) is 6.92 Å². The lowest BCUT2D eigenvalue weighted by atomic mass is 10.2. The van der Waals surface area contributed by atoms with Crippen LogP contribution in [-0.4, -0.2) is 0 Å². The molecule has 2 rings (SSSR count). The Bertz CT molecular complexity index is 282. The van der Waals surface area contributed by atoms with Crippen LogP contribution in [0.25, 0.3) is 9.40 Å². The van der Waals surface area contributed by atoms with E-state index in [4.69, 9.17) is 0 Å². The average Bonchev–Trinajstić information content (AvgIpc) is 2.23. The van der Waals surface area contributed by atoms with Gasteiger partial charge in [0.25, 0.3) is 0 Å². The standard InChI is InChI=1S/C7H6S/c1-5-4-6-2-3-7(5)8-6/h2-4H,1H3. The fourth-order valence-corrected chi connectivity index (χ4v) is 1.91. The molecule has 0 saturated heterocycles. The zero-order chi connectivity index (χ0) is 5.56. The fraction of sp³-hybridized carbons (Fsp3) is 0.143. The predicted octanol–water partition coefficient (Wildman–Crippen LogP) is 2.65. The second kappa shape index (κ2) is 1.23. The molecule has 0 amide bonds. The second-order valence-corrected chi connectivity index (χ2v) is 3.14. The molecule has 0 fully saturated rings. The minimum absolute atomic E-state index is 1.40. The highest BCUT2D eigenvalue weighted by Crippen LogP contribution is 2.27. The number of fused-ring (bicyclic) bond motifs is 2. The van der Waals surface area contributed by atoms with Gasteiger partial charge >= 0.3 is 0 Å². The second-order valence-electron chi connectivity index (χ2n) is 2.03. The largest absolute Gasteiger partial charge is 0.136 e. The van der Waals surface area contributed by atoms with Gasteiger partial charge in [-0.3, -0.25) is 0 Å². The van der Waals surface area contributed by atoms with Gasteiger partial charge < -0.3 is 0 Å². The molecule has 0 aliphatic heterocycles. The zero-order valence-corrected chi connectivity index (χ0v) is 5.46. The van der Waals surface area contributed by atoms with Gasteiger partial charge in [0.05, 0.1) is 0 Å². The molecular formula is C7H6S. The molecule has 2 aromatic rings. The molecule has 0 radical (unpaired) electrons. The number of hydrogen-bond donors (Lipinski definition) is 0. The fourth-order valence-electron chi connectivity index (χ4n) is 0.927. The molecule has 0 spiro atoms. The van der Waals surface area contributed by atoms with E-state index in [1.54, 1.807) is 0 Å². The number of aryl methyl sites for hydroxylation is 1. The van der Waals surface area contributed by atoms with Gasteiger partial charge in [-0.05, 0) is 30.7 Å². The molecule has 2 heterocycles. The highest BCUT2D eigenvalue weighted by atomic mass is 32.1. The number of thiophene rings is 2. The molecule has 2 aromatic heterocycles. The van der Waals surface area contributed by atoms with E-state index in [1.807, 2.05) is 11.3 Å². The maximum atomic E-state index is 2.22. The molecule has 0 saturated carbocycles.